The molecule has 0 aliphatic rings. The first-order valence-electron chi connectivity index (χ1n) is 6.30. The van der Waals surface area contributed by atoms with Crippen molar-refractivity contribution >= 4 is 10.0 Å². The zero-order valence-corrected chi connectivity index (χ0v) is 12.3. The third kappa shape index (κ3) is 3.27. The summed E-state index contributed by atoms with van der Waals surface area (Å²) in [6.45, 7) is 3.86. The van der Waals surface area contributed by atoms with Crippen molar-refractivity contribution in [2.24, 2.45) is 5.73 Å². The zero-order chi connectivity index (χ0) is 14.8. The fourth-order valence-electron chi connectivity index (χ4n) is 1.88. The van der Waals surface area contributed by atoms with Crippen LogP contribution < -0.4 is 10.5 Å². The molecule has 1 atom stereocenters. The van der Waals surface area contributed by atoms with E-state index in [1.54, 1.807) is 43.3 Å². The monoisotopic (exact) mass is 294 g/mol. The van der Waals surface area contributed by atoms with Crippen molar-refractivity contribution in [2.45, 2.75) is 31.3 Å². The molecule has 108 valence electrons. The van der Waals surface area contributed by atoms with Crippen molar-refractivity contribution < 1.29 is 12.8 Å². The summed E-state index contributed by atoms with van der Waals surface area (Å²) in [6, 6.07) is 9.71. The number of nitrogens with one attached hydrogen (secondary N) is 1. The minimum atomic E-state index is -3.60. The van der Waals surface area contributed by atoms with E-state index in [2.05, 4.69) is 4.72 Å². The molecule has 0 aliphatic heterocycles. The smallest absolute Gasteiger partial charge is 0.241 e. The normalized spacial score (nSPS) is 13.3. The van der Waals surface area contributed by atoms with E-state index >= 15 is 0 Å². The standard InChI is InChI=1S/C14H18N2O3S/c1-10-6-7-14(19-10)11(2)16-20(17,18)13-5-3-4-12(8-13)9-15/h3-8,11,16H,9,15H2,1-2H3. The van der Waals surface area contributed by atoms with E-state index in [0.29, 0.717) is 12.3 Å². The number of hydrogen-bond donors (Lipinski definition) is 2. The molecular formula is C14H18N2O3S. The Morgan fingerprint density at radius 2 is 2.05 bits per heavy atom. The number of rotatable bonds is 5. The number of nitrogens with two attached hydrogens (primary N) is 1. The Morgan fingerprint density at radius 3 is 2.65 bits per heavy atom. The number of furan rings is 1. The predicted molar refractivity (Wildman–Crippen MR) is 76.5 cm³/mol. The number of aryl methyl sites for hydroxylation is 1. The van der Waals surface area contributed by atoms with Crippen LogP contribution in [-0.2, 0) is 16.6 Å². The molecule has 6 heteroatoms. The van der Waals surface area contributed by atoms with Crippen molar-refractivity contribution in [1.29, 1.82) is 0 Å². The lowest BCUT2D eigenvalue weighted by molar-refractivity contribution is 0.441. The fraction of sp³-hybridized carbons (Fsp3) is 0.286. The van der Waals surface area contributed by atoms with E-state index in [1.807, 2.05) is 6.92 Å². The minimum absolute atomic E-state index is 0.204. The first-order valence-corrected chi connectivity index (χ1v) is 7.78. The van der Waals surface area contributed by atoms with Crippen LogP contribution >= 0.6 is 0 Å². The van der Waals surface area contributed by atoms with Gasteiger partial charge in [-0.15, -0.1) is 0 Å². The van der Waals surface area contributed by atoms with Crippen LogP contribution in [0.5, 0.6) is 0 Å². The molecule has 3 N–H and O–H groups in total. The molecule has 0 aliphatic carbocycles. The number of sulfonamides is 1. The highest BCUT2D eigenvalue weighted by molar-refractivity contribution is 7.89. The van der Waals surface area contributed by atoms with Gasteiger partial charge >= 0.3 is 0 Å². The topological polar surface area (TPSA) is 85.3 Å². The van der Waals surface area contributed by atoms with Crippen LogP contribution in [0.2, 0.25) is 0 Å². The Hall–Kier alpha value is -1.63. The third-order valence-electron chi connectivity index (χ3n) is 2.96. The quantitative estimate of drug-likeness (QED) is 0.884. The molecule has 1 aromatic carbocycles. The van der Waals surface area contributed by atoms with Crippen molar-refractivity contribution in [3.8, 4) is 0 Å². The summed E-state index contributed by atoms with van der Waals surface area (Å²) in [5.41, 5.74) is 6.30. The lowest BCUT2D eigenvalue weighted by Crippen LogP contribution is -2.26. The van der Waals surface area contributed by atoms with Gasteiger partial charge in [0.15, 0.2) is 0 Å². The third-order valence-corrected chi connectivity index (χ3v) is 4.50. The Kier molecular flexibility index (Phi) is 4.27. The zero-order valence-electron chi connectivity index (χ0n) is 11.5. The molecule has 1 unspecified atom stereocenters. The molecule has 1 heterocycles. The van der Waals surface area contributed by atoms with Gasteiger partial charge in [-0.25, -0.2) is 13.1 Å². The molecule has 0 spiro atoms. The molecule has 2 aromatic rings. The van der Waals surface area contributed by atoms with E-state index in [9.17, 15) is 8.42 Å². The summed E-state index contributed by atoms with van der Waals surface area (Å²) in [7, 11) is -3.60. The maximum Gasteiger partial charge on any atom is 0.241 e. The van der Waals surface area contributed by atoms with Crippen LogP contribution in [0, 0.1) is 6.92 Å². The summed E-state index contributed by atoms with van der Waals surface area (Å²) in [5, 5.41) is 0. The summed E-state index contributed by atoms with van der Waals surface area (Å²) in [5.74, 6) is 1.33. The SMILES string of the molecule is Cc1ccc(C(C)NS(=O)(=O)c2cccc(CN)c2)o1. The molecular weight excluding hydrogens is 276 g/mol. The first-order chi connectivity index (χ1) is 9.42. The van der Waals surface area contributed by atoms with Gasteiger partial charge in [0.1, 0.15) is 11.5 Å². The van der Waals surface area contributed by atoms with Gasteiger partial charge in [-0.3, -0.25) is 0 Å². The molecule has 20 heavy (non-hydrogen) atoms. The second-order valence-electron chi connectivity index (χ2n) is 4.64. The van der Waals surface area contributed by atoms with Crippen molar-refractivity contribution in [2.75, 3.05) is 0 Å². The summed E-state index contributed by atoms with van der Waals surface area (Å²) in [6.07, 6.45) is 0. The summed E-state index contributed by atoms with van der Waals surface area (Å²) < 4.78 is 32.6. The Labute approximate surface area is 118 Å². The van der Waals surface area contributed by atoms with Crippen LogP contribution in [-0.4, -0.2) is 8.42 Å². The van der Waals surface area contributed by atoms with Gasteiger partial charge in [0, 0.05) is 6.54 Å². The summed E-state index contributed by atoms with van der Waals surface area (Å²) in [4.78, 5) is 0.204. The molecule has 0 saturated carbocycles. The summed E-state index contributed by atoms with van der Waals surface area (Å²) >= 11 is 0. The Morgan fingerprint density at radius 1 is 1.30 bits per heavy atom. The highest BCUT2D eigenvalue weighted by Crippen LogP contribution is 2.19. The van der Waals surface area contributed by atoms with E-state index in [0.717, 1.165) is 11.3 Å². The molecule has 0 fully saturated rings. The van der Waals surface area contributed by atoms with Gasteiger partial charge in [0.05, 0.1) is 10.9 Å². The molecule has 2 rings (SSSR count). The molecule has 0 bridgehead atoms. The van der Waals surface area contributed by atoms with E-state index in [1.165, 1.54) is 0 Å². The predicted octanol–water partition coefficient (Wildman–Crippen LogP) is 2.09. The second kappa shape index (κ2) is 5.78. The van der Waals surface area contributed by atoms with Crippen LogP contribution in [0.3, 0.4) is 0 Å². The van der Waals surface area contributed by atoms with Crippen molar-refractivity contribution in [3.63, 3.8) is 0 Å². The van der Waals surface area contributed by atoms with E-state index < -0.39 is 16.1 Å². The lowest BCUT2D eigenvalue weighted by Gasteiger charge is -2.12. The van der Waals surface area contributed by atoms with Gasteiger partial charge in [-0.2, -0.15) is 0 Å². The largest absolute Gasteiger partial charge is 0.465 e. The van der Waals surface area contributed by atoms with Crippen molar-refractivity contribution in [3.05, 3.63) is 53.5 Å². The fourth-order valence-corrected chi connectivity index (χ4v) is 3.17. The average Bonchev–Trinajstić information content (AvgIpc) is 2.85. The van der Waals surface area contributed by atoms with E-state index in [-0.39, 0.29) is 4.90 Å². The van der Waals surface area contributed by atoms with Gasteiger partial charge in [0.2, 0.25) is 10.0 Å². The first kappa shape index (κ1) is 14.8. The number of hydrogen-bond acceptors (Lipinski definition) is 4. The maximum atomic E-state index is 12.3. The Balaban J connectivity index is 2.22. The van der Waals surface area contributed by atoms with Gasteiger partial charge in [-0.1, -0.05) is 12.1 Å². The molecule has 5 nitrogen and oxygen atoms in total. The molecule has 0 saturated heterocycles. The Bertz CT molecular complexity index is 692. The average molecular weight is 294 g/mol. The molecule has 0 radical (unpaired) electrons. The van der Waals surface area contributed by atoms with Crippen LogP contribution in [0.25, 0.3) is 0 Å². The van der Waals surface area contributed by atoms with Crippen LogP contribution in [0.15, 0.2) is 45.7 Å². The molecule has 1 aromatic heterocycles. The van der Waals surface area contributed by atoms with Crippen LogP contribution in [0.1, 0.15) is 30.0 Å². The van der Waals surface area contributed by atoms with Gasteiger partial charge in [0.25, 0.3) is 0 Å². The maximum absolute atomic E-state index is 12.3. The lowest BCUT2D eigenvalue weighted by atomic mass is 10.2. The van der Waals surface area contributed by atoms with E-state index in [4.69, 9.17) is 10.2 Å². The minimum Gasteiger partial charge on any atom is -0.465 e. The molecule has 0 amide bonds. The second-order valence-corrected chi connectivity index (χ2v) is 6.36. The van der Waals surface area contributed by atoms with Crippen LogP contribution in [0.4, 0.5) is 0 Å². The van der Waals surface area contributed by atoms with Crippen molar-refractivity contribution in [1.82, 2.24) is 4.72 Å². The highest BCUT2D eigenvalue weighted by atomic mass is 32.2. The van der Waals surface area contributed by atoms with Gasteiger partial charge < -0.3 is 10.2 Å². The number of benzene rings is 1. The van der Waals surface area contributed by atoms with Gasteiger partial charge in [-0.05, 0) is 43.7 Å². The highest BCUT2D eigenvalue weighted by Gasteiger charge is 2.20.